The Morgan fingerprint density at radius 2 is 2.05 bits per heavy atom. The van der Waals surface area contributed by atoms with Crippen LogP contribution in [0.4, 0.5) is 0 Å². The predicted octanol–water partition coefficient (Wildman–Crippen LogP) is 4.09. The summed E-state index contributed by atoms with van der Waals surface area (Å²) < 4.78 is 5.99. The van der Waals surface area contributed by atoms with E-state index in [1.54, 1.807) is 18.2 Å². The van der Waals surface area contributed by atoms with Crippen LogP contribution in [-0.2, 0) is 6.61 Å². The third-order valence-electron chi connectivity index (χ3n) is 2.56. The van der Waals surface area contributed by atoms with Crippen LogP contribution in [0.15, 0.2) is 40.9 Å². The standard InChI is InChI=1S/C14H10BrClO4/c15-11-5-10(14(18)19)12(17)6-13(11)20-7-8-2-1-3-9(16)4-8/h1-6,17H,7H2,(H,18,19). The minimum absolute atomic E-state index is 0.188. The fraction of sp³-hybridized carbons (Fsp3) is 0.0714. The molecule has 0 heterocycles. The minimum atomic E-state index is -1.20. The number of aromatic hydroxyl groups is 1. The molecule has 0 saturated heterocycles. The Kier molecular flexibility index (Phi) is 4.52. The lowest BCUT2D eigenvalue weighted by atomic mass is 10.2. The van der Waals surface area contributed by atoms with Crippen molar-refractivity contribution in [1.82, 2.24) is 0 Å². The van der Waals surface area contributed by atoms with Crippen molar-refractivity contribution >= 4 is 33.5 Å². The van der Waals surface area contributed by atoms with E-state index in [4.69, 9.17) is 21.4 Å². The number of hydrogen-bond donors (Lipinski definition) is 2. The van der Waals surface area contributed by atoms with Gasteiger partial charge in [-0.25, -0.2) is 4.79 Å². The number of rotatable bonds is 4. The SMILES string of the molecule is O=C(O)c1cc(Br)c(OCc2cccc(Cl)c2)cc1O. The number of benzene rings is 2. The number of phenols is 1. The maximum Gasteiger partial charge on any atom is 0.339 e. The maximum atomic E-state index is 10.9. The van der Waals surface area contributed by atoms with Crippen LogP contribution in [0.25, 0.3) is 0 Å². The van der Waals surface area contributed by atoms with Gasteiger partial charge in [0.25, 0.3) is 0 Å². The van der Waals surface area contributed by atoms with E-state index < -0.39 is 5.97 Å². The average molecular weight is 358 g/mol. The summed E-state index contributed by atoms with van der Waals surface area (Å²) in [5.41, 5.74) is 0.679. The van der Waals surface area contributed by atoms with E-state index in [-0.39, 0.29) is 17.9 Å². The van der Waals surface area contributed by atoms with Gasteiger partial charge in [0.2, 0.25) is 0 Å². The van der Waals surface area contributed by atoms with Gasteiger partial charge in [0.05, 0.1) is 4.47 Å². The zero-order chi connectivity index (χ0) is 14.7. The Morgan fingerprint density at radius 3 is 2.70 bits per heavy atom. The van der Waals surface area contributed by atoms with Crippen LogP contribution in [-0.4, -0.2) is 16.2 Å². The molecule has 6 heteroatoms. The molecule has 0 spiro atoms. The van der Waals surface area contributed by atoms with E-state index in [0.29, 0.717) is 15.2 Å². The van der Waals surface area contributed by atoms with E-state index in [1.165, 1.54) is 12.1 Å². The lowest BCUT2D eigenvalue weighted by Crippen LogP contribution is -2.00. The zero-order valence-corrected chi connectivity index (χ0v) is 12.5. The molecule has 0 aromatic heterocycles. The Labute approximate surface area is 128 Å². The second-order valence-electron chi connectivity index (χ2n) is 4.02. The lowest BCUT2D eigenvalue weighted by molar-refractivity contribution is 0.0693. The first-order valence-corrected chi connectivity index (χ1v) is 6.77. The third-order valence-corrected chi connectivity index (χ3v) is 3.42. The molecule has 2 rings (SSSR count). The van der Waals surface area contributed by atoms with Gasteiger partial charge >= 0.3 is 5.97 Å². The first kappa shape index (κ1) is 14.7. The molecule has 0 bridgehead atoms. The van der Waals surface area contributed by atoms with Gasteiger partial charge < -0.3 is 14.9 Å². The summed E-state index contributed by atoms with van der Waals surface area (Å²) in [7, 11) is 0. The summed E-state index contributed by atoms with van der Waals surface area (Å²) in [5, 5.41) is 19.1. The molecule has 0 aliphatic heterocycles. The molecule has 2 aromatic carbocycles. The highest BCUT2D eigenvalue weighted by Crippen LogP contribution is 2.33. The summed E-state index contributed by atoms with van der Waals surface area (Å²) in [6.45, 7) is 0.255. The topological polar surface area (TPSA) is 66.8 Å². The number of carbonyl (C=O) groups is 1. The van der Waals surface area contributed by atoms with Gasteiger partial charge in [-0.2, -0.15) is 0 Å². The first-order chi connectivity index (χ1) is 9.47. The molecule has 4 nitrogen and oxygen atoms in total. The van der Waals surface area contributed by atoms with Gasteiger partial charge in [0, 0.05) is 11.1 Å². The van der Waals surface area contributed by atoms with Crippen LogP contribution in [0.5, 0.6) is 11.5 Å². The van der Waals surface area contributed by atoms with Crippen molar-refractivity contribution in [2.24, 2.45) is 0 Å². The predicted molar refractivity (Wildman–Crippen MR) is 78.6 cm³/mol. The molecule has 104 valence electrons. The summed E-state index contributed by atoms with van der Waals surface area (Å²) >= 11 is 9.08. The largest absolute Gasteiger partial charge is 0.507 e. The van der Waals surface area contributed by atoms with E-state index in [0.717, 1.165) is 5.56 Å². The van der Waals surface area contributed by atoms with Crippen molar-refractivity contribution in [1.29, 1.82) is 0 Å². The van der Waals surface area contributed by atoms with E-state index in [1.807, 2.05) is 6.07 Å². The first-order valence-electron chi connectivity index (χ1n) is 5.60. The maximum absolute atomic E-state index is 10.9. The Bertz CT molecular complexity index is 658. The van der Waals surface area contributed by atoms with Gasteiger partial charge in [-0.1, -0.05) is 23.7 Å². The Hall–Kier alpha value is -1.72. The van der Waals surface area contributed by atoms with Gasteiger partial charge in [0.15, 0.2) is 0 Å². The Balaban J connectivity index is 2.18. The smallest absolute Gasteiger partial charge is 0.339 e. The number of aromatic carboxylic acids is 1. The van der Waals surface area contributed by atoms with Gasteiger partial charge in [0.1, 0.15) is 23.7 Å². The van der Waals surface area contributed by atoms with Crippen LogP contribution < -0.4 is 4.74 Å². The highest BCUT2D eigenvalue weighted by atomic mass is 79.9. The molecule has 0 amide bonds. The normalized spacial score (nSPS) is 10.3. The van der Waals surface area contributed by atoms with Gasteiger partial charge in [-0.05, 0) is 39.7 Å². The molecule has 2 N–H and O–H groups in total. The quantitative estimate of drug-likeness (QED) is 0.865. The van der Waals surface area contributed by atoms with Crippen molar-refractivity contribution in [2.45, 2.75) is 6.61 Å². The third kappa shape index (κ3) is 3.43. The molecular weight excluding hydrogens is 348 g/mol. The van der Waals surface area contributed by atoms with Crippen molar-refractivity contribution in [3.63, 3.8) is 0 Å². The number of ether oxygens (including phenoxy) is 1. The van der Waals surface area contributed by atoms with Crippen molar-refractivity contribution in [2.75, 3.05) is 0 Å². The second-order valence-corrected chi connectivity index (χ2v) is 5.31. The Morgan fingerprint density at radius 1 is 1.30 bits per heavy atom. The second kappa shape index (κ2) is 6.15. The zero-order valence-electron chi connectivity index (χ0n) is 10.1. The molecule has 0 aliphatic rings. The highest BCUT2D eigenvalue weighted by molar-refractivity contribution is 9.10. The van der Waals surface area contributed by atoms with E-state index >= 15 is 0 Å². The highest BCUT2D eigenvalue weighted by Gasteiger charge is 2.14. The van der Waals surface area contributed by atoms with Crippen molar-refractivity contribution < 1.29 is 19.7 Å². The summed E-state index contributed by atoms with van der Waals surface area (Å²) in [6, 6.07) is 9.74. The van der Waals surface area contributed by atoms with Gasteiger partial charge in [-0.15, -0.1) is 0 Å². The number of halogens is 2. The number of hydrogen-bond acceptors (Lipinski definition) is 3. The summed E-state index contributed by atoms with van der Waals surface area (Å²) in [4.78, 5) is 10.9. The fourth-order valence-corrected chi connectivity index (χ4v) is 2.28. The minimum Gasteiger partial charge on any atom is -0.507 e. The molecule has 0 atom stereocenters. The lowest BCUT2D eigenvalue weighted by Gasteiger charge is -2.10. The average Bonchev–Trinajstić information content (AvgIpc) is 2.39. The molecule has 0 aliphatic carbocycles. The van der Waals surface area contributed by atoms with E-state index in [2.05, 4.69) is 15.9 Å². The van der Waals surface area contributed by atoms with Crippen LogP contribution in [0.2, 0.25) is 5.02 Å². The van der Waals surface area contributed by atoms with Crippen molar-refractivity contribution in [3.05, 3.63) is 57.0 Å². The molecule has 0 saturated carbocycles. The number of carboxylic acid groups (broad SMARTS) is 1. The molecule has 20 heavy (non-hydrogen) atoms. The molecule has 0 unspecified atom stereocenters. The molecule has 2 aromatic rings. The summed E-state index contributed by atoms with van der Waals surface area (Å²) in [5.74, 6) is -1.20. The van der Waals surface area contributed by atoms with Crippen LogP contribution >= 0.6 is 27.5 Å². The molecule has 0 fully saturated rings. The van der Waals surface area contributed by atoms with Crippen LogP contribution in [0.3, 0.4) is 0 Å². The summed E-state index contributed by atoms with van der Waals surface area (Å²) in [6.07, 6.45) is 0. The van der Waals surface area contributed by atoms with Crippen LogP contribution in [0.1, 0.15) is 15.9 Å². The fourth-order valence-electron chi connectivity index (χ4n) is 1.61. The van der Waals surface area contributed by atoms with Crippen molar-refractivity contribution in [3.8, 4) is 11.5 Å². The molecule has 0 radical (unpaired) electrons. The molecular formula is C14H10BrClO4. The van der Waals surface area contributed by atoms with E-state index in [9.17, 15) is 9.90 Å². The number of carboxylic acids is 1. The monoisotopic (exact) mass is 356 g/mol. The van der Waals surface area contributed by atoms with Crippen LogP contribution in [0, 0.1) is 0 Å². The van der Waals surface area contributed by atoms with Gasteiger partial charge in [-0.3, -0.25) is 0 Å².